The van der Waals surface area contributed by atoms with Crippen molar-refractivity contribution in [3.05, 3.63) is 59.6 Å². The smallest absolute Gasteiger partial charge is 0.191 e. The highest BCUT2D eigenvalue weighted by molar-refractivity contribution is 7.13. The normalized spacial score (nSPS) is 15.4. The molecule has 4 rings (SSSR count). The Hall–Kier alpha value is -2.94. The topological polar surface area (TPSA) is 75.6 Å². The molecular formula is C18H20FN7S. The second-order valence-electron chi connectivity index (χ2n) is 6.19. The highest BCUT2D eigenvalue weighted by atomic mass is 32.1. The lowest BCUT2D eigenvalue weighted by Crippen LogP contribution is -2.51. The van der Waals surface area contributed by atoms with Gasteiger partial charge in [0.25, 0.3) is 0 Å². The monoisotopic (exact) mass is 385 g/mol. The molecule has 2 aromatic heterocycles. The molecule has 0 atom stereocenters. The summed E-state index contributed by atoms with van der Waals surface area (Å²) < 4.78 is 14.7. The maximum absolute atomic E-state index is 13.0. The number of thiazole rings is 1. The number of guanidine groups is 1. The Morgan fingerprint density at radius 1 is 1.15 bits per heavy atom. The summed E-state index contributed by atoms with van der Waals surface area (Å²) in [6.07, 6.45) is 3.66. The van der Waals surface area contributed by atoms with E-state index in [0.29, 0.717) is 12.5 Å². The summed E-state index contributed by atoms with van der Waals surface area (Å²) in [5.41, 5.74) is 7.78. The minimum absolute atomic E-state index is 0.265. The molecule has 1 aliphatic heterocycles. The third-order valence-electron chi connectivity index (χ3n) is 4.43. The molecule has 1 aromatic carbocycles. The fraction of sp³-hybridized carbons (Fsp3) is 0.278. The zero-order valence-electron chi connectivity index (χ0n) is 14.7. The second kappa shape index (κ2) is 7.75. The van der Waals surface area contributed by atoms with Crippen LogP contribution in [0.4, 0.5) is 9.52 Å². The molecule has 0 bridgehead atoms. The van der Waals surface area contributed by atoms with Crippen LogP contribution in [0.5, 0.6) is 0 Å². The first kappa shape index (κ1) is 17.5. The van der Waals surface area contributed by atoms with E-state index in [4.69, 9.17) is 5.73 Å². The van der Waals surface area contributed by atoms with E-state index < -0.39 is 0 Å². The van der Waals surface area contributed by atoms with E-state index in [0.717, 1.165) is 42.7 Å². The van der Waals surface area contributed by atoms with Crippen molar-refractivity contribution in [1.82, 2.24) is 19.7 Å². The highest BCUT2D eigenvalue weighted by Crippen LogP contribution is 2.18. The zero-order chi connectivity index (χ0) is 18.6. The van der Waals surface area contributed by atoms with Crippen molar-refractivity contribution in [3.63, 3.8) is 0 Å². The zero-order valence-corrected chi connectivity index (χ0v) is 15.5. The number of aliphatic imine (C=N–C) groups is 1. The van der Waals surface area contributed by atoms with Crippen LogP contribution < -0.4 is 10.6 Å². The first-order valence-corrected chi connectivity index (χ1v) is 9.57. The molecule has 9 heteroatoms. The number of aromatic nitrogens is 3. The Labute approximate surface area is 160 Å². The van der Waals surface area contributed by atoms with E-state index >= 15 is 0 Å². The Kier molecular flexibility index (Phi) is 5.01. The average Bonchev–Trinajstić information content (AvgIpc) is 3.39. The number of halogens is 1. The third kappa shape index (κ3) is 4.08. The predicted octanol–water partition coefficient (Wildman–Crippen LogP) is 2.10. The number of nitrogens with two attached hydrogens (primary N) is 1. The average molecular weight is 385 g/mol. The minimum Gasteiger partial charge on any atom is -0.370 e. The molecule has 140 valence electrons. The fourth-order valence-electron chi connectivity index (χ4n) is 2.94. The van der Waals surface area contributed by atoms with Gasteiger partial charge in [-0.05, 0) is 30.3 Å². The largest absolute Gasteiger partial charge is 0.370 e. The van der Waals surface area contributed by atoms with Gasteiger partial charge in [0.1, 0.15) is 5.82 Å². The summed E-state index contributed by atoms with van der Waals surface area (Å²) >= 11 is 1.65. The van der Waals surface area contributed by atoms with Crippen molar-refractivity contribution in [1.29, 1.82) is 0 Å². The van der Waals surface area contributed by atoms with Crippen molar-refractivity contribution < 1.29 is 4.39 Å². The van der Waals surface area contributed by atoms with Crippen LogP contribution in [0, 0.1) is 5.82 Å². The van der Waals surface area contributed by atoms with Crippen LogP contribution in [0.2, 0.25) is 0 Å². The molecule has 1 fully saturated rings. The van der Waals surface area contributed by atoms with Crippen molar-refractivity contribution in [2.24, 2.45) is 10.7 Å². The third-order valence-corrected chi connectivity index (χ3v) is 5.26. The molecule has 0 saturated carbocycles. The molecule has 0 radical (unpaired) electrons. The Morgan fingerprint density at radius 2 is 1.93 bits per heavy atom. The lowest BCUT2D eigenvalue weighted by molar-refractivity contribution is 0.380. The molecule has 2 N–H and O–H groups in total. The quantitative estimate of drug-likeness (QED) is 0.550. The van der Waals surface area contributed by atoms with Crippen LogP contribution in [0.3, 0.4) is 0 Å². The fourth-order valence-corrected chi connectivity index (χ4v) is 3.64. The molecule has 0 unspecified atom stereocenters. The molecule has 3 aromatic rings. The number of anilines is 1. The SMILES string of the molecule is NC(=NCc1ccn(-c2ccc(F)cc2)n1)N1CCN(c2nccs2)CC1. The number of hydrogen-bond donors (Lipinski definition) is 1. The lowest BCUT2D eigenvalue weighted by atomic mass is 10.3. The Morgan fingerprint density at radius 3 is 2.63 bits per heavy atom. The van der Waals surface area contributed by atoms with Gasteiger partial charge in [0.15, 0.2) is 11.1 Å². The van der Waals surface area contributed by atoms with Crippen molar-refractivity contribution in [3.8, 4) is 5.69 Å². The van der Waals surface area contributed by atoms with Crippen LogP contribution in [-0.4, -0.2) is 51.8 Å². The van der Waals surface area contributed by atoms with Crippen LogP contribution in [0.25, 0.3) is 5.69 Å². The van der Waals surface area contributed by atoms with E-state index in [9.17, 15) is 4.39 Å². The summed E-state index contributed by atoms with van der Waals surface area (Å²) in [5.74, 6) is 0.267. The number of hydrogen-bond acceptors (Lipinski definition) is 5. The molecule has 0 aliphatic carbocycles. The van der Waals surface area contributed by atoms with Gasteiger partial charge in [-0.3, -0.25) is 0 Å². The van der Waals surface area contributed by atoms with Gasteiger partial charge in [-0.25, -0.2) is 19.0 Å². The molecule has 1 aliphatic rings. The van der Waals surface area contributed by atoms with Crippen molar-refractivity contribution >= 4 is 22.4 Å². The lowest BCUT2D eigenvalue weighted by Gasteiger charge is -2.35. The summed E-state index contributed by atoms with van der Waals surface area (Å²) in [4.78, 5) is 13.2. The van der Waals surface area contributed by atoms with Gasteiger partial charge < -0.3 is 15.5 Å². The molecular weight excluding hydrogens is 365 g/mol. The molecule has 7 nitrogen and oxygen atoms in total. The standard InChI is InChI=1S/C18H20FN7S/c19-14-1-3-16(4-2-14)26-7-5-15(23-26)13-22-17(20)24-8-10-25(11-9-24)18-21-6-12-27-18/h1-7,12H,8-11,13H2,(H2,20,22). The molecule has 27 heavy (non-hydrogen) atoms. The van der Waals surface area contributed by atoms with Gasteiger partial charge in [0.05, 0.1) is 17.9 Å². The minimum atomic E-state index is -0.265. The van der Waals surface area contributed by atoms with Crippen LogP contribution in [0.1, 0.15) is 5.69 Å². The van der Waals surface area contributed by atoms with Gasteiger partial charge in [0.2, 0.25) is 0 Å². The maximum Gasteiger partial charge on any atom is 0.191 e. The summed E-state index contributed by atoms with van der Waals surface area (Å²) in [5, 5.41) is 7.51. The van der Waals surface area contributed by atoms with E-state index in [1.54, 1.807) is 28.2 Å². The number of piperazine rings is 1. The summed E-state index contributed by atoms with van der Waals surface area (Å²) in [7, 11) is 0. The van der Waals surface area contributed by atoms with E-state index in [2.05, 4.69) is 24.9 Å². The van der Waals surface area contributed by atoms with E-state index in [-0.39, 0.29) is 5.82 Å². The van der Waals surface area contributed by atoms with Gasteiger partial charge in [0, 0.05) is 44.0 Å². The molecule has 0 amide bonds. The second-order valence-corrected chi connectivity index (χ2v) is 7.06. The van der Waals surface area contributed by atoms with Crippen LogP contribution in [0.15, 0.2) is 53.1 Å². The number of benzene rings is 1. The van der Waals surface area contributed by atoms with Crippen LogP contribution in [-0.2, 0) is 6.54 Å². The van der Waals surface area contributed by atoms with Crippen molar-refractivity contribution in [2.45, 2.75) is 6.54 Å². The molecule has 0 spiro atoms. The maximum atomic E-state index is 13.0. The van der Waals surface area contributed by atoms with Gasteiger partial charge in [-0.1, -0.05) is 0 Å². The number of rotatable bonds is 4. The van der Waals surface area contributed by atoms with Crippen molar-refractivity contribution in [2.75, 3.05) is 31.1 Å². The first-order chi connectivity index (χ1) is 13.2. The predicted molar refractivity (Wildman–Crippen MR) is 105 cm³/mol. The van der Waals surface area contributed by atoms with Gasteiger partial charge >= 0.3 is 0 Å². The van der Waals surface area contributed by atoms with Gasteiger partial charge in [-0.2, -0.15) is 5.10 Å². The summed E-state index contributed by atoms with van der Waals surface area (Å²) in [6, 6.07) is 8.09. The number of nitrogens with zero attached hydrogens (tertiary/aromatic N) is 6. The molecule has 1 saturated heterocycles. The van der Waals surface area contributed by atoms with E-state index in [1.807, 2.05) is 23.8 Å². The Balaban J connectivity index is 1.34. The summed E-state index contributed by atoms with van der Waals surface area (Å²) in [6.45, 7) is 3.80. The first-order valence-electron chi connectivity index (χ1n) is 8.69. The van der Waals surface area contributed by atoms with Gasteiger partial charge in [-0.15, -0.1) is 11.3 Å². The molecule has 3 heterocycles. The van der Waals surface area contributed by atoms with E-state index in [1.165, 1.54) is 12.1 Å². The Bertz CT molecular complexity index is 896. The van der Waals surface area contributed by atoms with Crippen LogP contribution >= 0.6 is 11.3 Å². The highest BCUT2D eigenvalue weighted by Gasteiger charge is 2.19.